The molecule has 0 aliphatic carbocycles. The van der Waals surface area contributed by atoms with Gasteiger partial charge in [-0.3, -0.25) is 16.3 Å². The van der Waals surface area contributed by atoms with Gasteiger partial charge in [-0.15, -0.1) is 0 Å². The van der Waals surface area contributed by atoms with Crippen LogP contribution in [0.4, 0.5) is 4.39 Å². The molecule has 3 N–H and O–H groups in total. The third-order valence-corrected chi connectivity index (χ3v) is 3.60. The lowest BCUT2D eigenvalue weighted by Crippen LogP contribution is -2.29. The molecule has 108 valence electrons. The second-order valence-electron chi connectivity index (χ2n) is 4.67. The van der Waals surface area contributed by atoms with Gasteiger partial charge < -0.3 is 0 Å². The van der Waals surface area contributed by atoms with Crippen LogP contribution in [0.5, 0.6) is 0 Å². The first-order chi connectivity index (χ1) is 10.2. The molecule has 7 heteroatoms. The molecule has 0 saturated heterocycles. The van der Waals surface area contributed by atoms with Crippen molar-refractivity contribution in [1.29, 1.82) is 0 Å². The topological polar surface area (TPSA) is 68.2 Å². The summed E-state index contributed by atoms with van der Waals surface area (Å²) in [5, 5.41) is 4.72. The Kier molecular flexibility index (Phi) is 3.83. The molecular weight excluding hydrogens is 293 g/mol. The molecular formula is C14H13ClFN5. The molecule has 2 heterocycles. The highest BCUT2D eigenvalue weighted by atomic mass is 35.5. The number of aromatic nitrogens is 3. The van der Waals surface area contributed by atoms with E-state index in [4.69, 9.17) is 17.4 Å². The van der Waals surface area contributed by atoms with E-state index in [0.717, 1.165) is 11.1 Å². The number of hydrogen-bond donors (Lipinski definition) is 2. The van der Waals surface area contributed by atoms with Crippen LogP contribution < -0.4 is 11.3 Å². The molecule has 5 nitrogen and oxygen atoms in total. The molecule has 0 bridgehead atoms. The van der Waals surface area contributed by atoms with Crippen LogP contribution in [0.2, 0.25) is 5.02 Å². The minimum absolute atomic E-state index is 0.292. The van der Waals surface area contributed by atoms with E-state index in [1.807, 2.05) is 0 Å². The highest BCUT2D eigenvalue weighted by Crippen LogP contribution is 2.24. The Morgan fingerprint density at radius 2 is 2.24 bits per heavy atom. The first-order valence-corrected chi connectivity index (χ1v) is 6.74. The standard InChI is InChI=1S/C14H13ClFN5/c15-10-1-2-12(16)9(5-10)6-13(20-17)11-7-19-21-4-3-18-8-14(11)21/h1-5,7-8,13,20H,6,17H2. The minimum atomic E-state index is -0.311. The van der Waals surface area contributed by atoms with E-state index in [2.05, 4.69) is 15.5 Å². The fraction of sp³-hybridized carbons (Fsp3) is 0.143. The molecule has 1 atom stereocenters. The minimum Gasteiger partial charge on any atom is -0.271 e. The van der Waals surface area contributed by atoms with E-state index in [1.54, 1.807) is 35.4 Å². The lowest BCUT2D eigenvalue weighted by molar-refractivity contribution is 0.531. The summed E-state index contributed by atoms with van der Waals surface area (Å²) in [5.41, 5.74) is 4.87. The Bertz CT molecular complexity index is 773. The van der Waals surface area contributed by atoms with E-state index in [0.29, 0.717) is 17.0 Å². The predicted octanol–water partition coefficient (Wildman–Crippen LogP) is 2.27. The van der Waals surface area contributed by atoms with Crippen LogP contribution in [-0.2, 0) is 6.42 Å². The molecule has 0 spiro atoms. The van der Waals surface area contributed by atoms with Crippen molar-refractivity contribution in [2.24, 2.45) is 5.84 Å². The molecule has 3 rings (SSSR count). The maximum absolute atomic E-state index is 13.9. The van der Waals surface area contributed by atoms with Crippen molar-refractivity contribution in [2.75, 3.05) is 0 Å². The van der Waals surface area contributed by atoms with Crippen molar-refractivity contribution in [2.45, 2.75) is 12.5 Å². The van der Waals surface area contributed by atoms with Gasteiger partial charge in [0, 0.05) is 23.0 Å². The largest absolute Gasteiger partial charge is 0.271 e. The lowest BCUT2D eigenvalue weighted by Gasteiger charge is -2.15. The molecule has 21 heavy (non-hydrogen) atoms. The van der Waals surface area contributed by atoms with Crippen LogP contribution in [0.1, 0.15) is 17.2 Å². The highest BCUT2D eigenvalue weighted by Gasteiger charge is 2.17. The fourth-order valence-electron chi connectivity index (χ4n) is 2.30. The average Bonchev–Trinajstić information content (AvgIpc) is 2.92. The van der Waals surface area contributed by atoms with E-state index in [9.17, 15) is 4.39 Å². The van der Waals surface area contributed by atoms with Gasteiger partial charge in [-0.2, -0.15) is 5.10 Å². The number of nitrogens with one attached hydrogen (secondary N) is 1. The van der Waals surface area contributed by atoms with Gasteiger partial charge in [0.1, 0.15) is 5.82 Å². The summed E-state index contributed by atoms with van der Waals surface area (Å²) in [4.78, 5) is 4.08. The Labute approximate surface area is 125 Å². The third kappa shape index (κ3) is 2.73. The molecule has 1 unspecified atom stereocenters. The van der Waals surface area contributed by atoms with Crippen LogP contribution in [0, 0.1) is 5.82 Å². The number of nitrogens with zero attached hydrogens (tertiary/aromatic N) is 3. The summed E-state index contributed by atoms with van der Waals surface area (Å²) in [7, 11) is 0. The van der Waals surface area contributed by atoms with Crippen molar-refractivity contribution in [3.8, 4) is 0 Å². The maximum Gasteiger partial charge on any atom is 0.126 e. The summed E-state index contributed by atoms with van der Waals surface area (Å²) in [5.74, 6) is 5.32. The smallest absolute Gasteiger partial charge is 0.126 e. The van der Waals surface area contributed by atoms with Gasteiger partial charge in [0.15, 0.2) is 0 Å². The summed E-state index contributed by atoms with van der Waals surface area (Å²) in [6, 6.07) is 4.18. The summed E-state index contributed by atoms with van der Waals surface area (Å²) in [6.07, 6.45) is 7.14. The normalized spacial score (nSPS) is 12.7. The molecule has 3 aromatic rings. The number of rotatable bonds is 4. The summed E-state index contributed by atoms with van der Waals surface area (Å²) < 4.78 is 15.6. The Hall–Kier alpha value is -2.02. The molecule has 0 fully saturated rings. The van der Waals surface area contributed by atoms with Gasteiger partial charge in [-0.25, -0.2) is 8.91 Å². The molecule has 0 saturated carbocycles. The zero-order chi connectivity index (χ0) is 14.8. The Morgan fingerprint density at radius 3 is 3.05 bits per heavy atom. The van der Waals surface area contributed by atoms with Crippen molar-refractivity contribution in [1.82, 2.24) is 20.0 Å². The molecule has 0 aliphatic rings. The van der Waals surface area contributed by atoms with Crippen LogP contribution >= 0.6 is 11.6 Å². The maximum atomic E-state index is 13.9. The van der Waals surface area contributed by atoms with Crippen LogP contribution in [0.25, 0.3) is 5.52 Å². The van der Waals surface area contributed by atoms with Crippen molar-refractivity contribution in [3.63, 3.8) is 0 Å². The SMILES string of the molecule is NNC(Cc1cc(Cl)ccc1F)c1cnn2ccncc12. The second kappa shape index (κ2) is 5.77. The highest BCUT2D eigenvalue weighted by molar-refractivity contribution is 6.30. The third-order valence-electron chi connectivity index (χ3n) is 3.36. The molecule has 0 amide bonds. The molecule has 2 aromatic heterocycles. The zero-order valence-corrected chi connectivity index (χ0v) is 11.8. The monoisotopic (exact) mass is 305 g/mol. The van der Waals surface area contributed by atoms with Gasteiger partial charge in [-0.1, -0.05) is 11.6 Å². The number of halogens is 2. The van der Waals surface area contributed by atoms with Crippen LogP contribution in [0.15, 0.2) is 43.0 Å². The zero-order valence-electron chi connectivity index (χ0n) is 11.0. The average molecular weight is 306 g/mol. The van der Waals surface area contributed by atoms with E-state index in [-0.39, 0.29) is 11.9 Å². The van der Waals surface area contributed by atoms with Crippen molar-refractivity contribution in [3.05, 3.63) is 65.0 Å². The number of fused-ring (bicyclic) bond motifs is 1. The summed E-state index contributed by atoms with van der Waals surface area (Å²) >= 11 is 5.92. The van der Waals surface area contributed by atoms with Crippen LogP contribution in [-0.4, -0.2) is 14.6 Å². The first kappa shape index (κ1) is 13.9. The van der Waals surface area contributed by atoms with E-state index >= 15 is 0 Å². The Morgan fingerprint density at radius 1 is 1.38 bits per heavy atom. The lowest BCUT2D eigenvalue weighted by atomic mass is 10.0. The summed E-state index contributed by atoms with van der Waals surface area (Å²) in [6.45, 7) is 0. The first-order valence-electron chi connectivity index (χ1n) is 6.36. The Balaban J connectivity index is 1.97. The van der Waals surface area contributed by atoms with Gasteiger partial charge in [-0.05, 0) is 30.2 Å². The molecule has 0 aliphatic heterocycles. The van der Waals surface area contributed by atoms with Gasteiger partial charge in [0.2, 0.25) is 0 Å². The van der Waals surface area contributed by atoms with E-state index in [1.165, 1.54) is 12.1 Å². The molecule has 1 aromatic carbocycles. The molecule has 0 radical (unpaired) electrons. The van der Waals surface area contributed by atoms with Crippen LogP contribution in [0.3, 0.4) is 0 Å². The van der Waals surface area contributed by atoms with Gasteiger partial charge in [0.05, 0.1) is 24.0 Å². The van der Waals surface area contributed by atoms with Crippen molar-refractivity contribution < 1.29 is 4.39 Å². The number of hydrazine groups is 1. The number of nitrogens with two attached hydrogens (primary N) is 1. The van der Waals surface area contributed by atoms with Gasteiger partial charge in [0.25, 0.3) is 0 Å². The predicted molar refractivity (Wildman–Crippen MR) is 78.2 cm³/mol. The number of benzene rings is 1. The second-order valence-corrected chi connectivity index (χ2v) is 5.10. The van der Waals surface area contributed by atoms with Gasteiger partial charge >= 0.3 is 0 Å². The van der Waals surface area contributed by atoms with Crippen molar-refractivity contribution >= 4 is 17.1 Å². The quantitative estimate of drug-likeness (QED) is 0.573. The number of hydrogen-bond acceptors (Lipinski definition) is 4. The fourth-order valence-corrected chi connectivity index (χ4v) is 2.49. The van der Waals surface area contributed by atoms with E-state index < -0.39 is 0 Å².